The van der Waals surface area contributed by atoms with Gasteiger partial charge in [0.2, 0.25) is 16.6 Å². The van der Waals surface area contributed by atoms with Gasteiger partial charge < -0.3 is 23.7 Å². The Morgan fingerprint density at radius 2 is 1.86 bits per heavy atom. The quantitative estimate of drug-likeness (QED) is 0.353. The number of methoxy groups -OCH3 is 1. The summed E-state index contributed by atoms with van der Waals surface area (Å²) in [4.78, 5) is 42.1. The van der Waals surface area contributed by atoms with E-state index in [-0.39, 0.29) is 39.1 Å². The predicted octanol–water partition coefficient (Wildman–Crippen LogP) is 3.99. The van der Waals surface area contributed by atoms with Gasteiger partial charge in [0.25, 0.3) is 5.56 Å². The molecule has 10 nitrogen and oxygen atoms in total. The van der Waals surface area contributed by atoms with E-state index >= 15 is 0 Å². The third-order valence-corrected chi connectivity index (χ3v) is 6.21. The van der Waals surface area contributed by atoms with Gasteiger partial charge in [0.1, 0.15) is 23.2 Å². The lowest BCUT2D eigenvalue weighted by atomic mass is 10.0. The lowest BCUT2D eigenvalue weighted by Gasteiger charge is -2.10. The second-order valence-electron chi connectivity index (χ2n) is 8.56. The van der Waals surface area contributed by atoms with Gasteiger partial charge in [-0.2, -0.15) is 0 Å². The molecule has 0 aliphatic heterocycles. The molecule has 6 aromatic rings. The van der Waals surface area contributed by atoms with Crippen molar-refractivity contribution in [2.75, 3.05) is 7.11 Å². The first-order chi connectivity index (χ1) is 16.8. The predicted molar refractivity (Wildman–Crippen MR) is 131 cm³/mol. The van der Waals surface area contributed by atoms with E-state index in [1.807, 2.05) is 13.8 Å². The number of fused-ring (bicyclic) bond motifs is 5. The van der Waals surface area contributed by atoms with E-state index in [9.17, 15) is 19.5 Å². The number of benzene rings is 2. The van der Waals surface area contributed by atoms with Crippen LogP contribution in [0, 0.1) is 0 Å². The van der Waals surface area contributed by atoms with Gasteiger partial charge in [-0.25, -0.2) is 0 Å². The number of hydrogen-bond acceptors (Lipinski definition) is 7. The van der Waals surface area contributed by atoms with Gasteiger partial charge in [0, 0.05) is 11.4 Å². The number of aromatic hydroxyl groups is 1. The molecule has 0 aliphatic carbocycles. The first-order valence-electron chi connectivity index (χ1n) is 10.8. The zero-order valence-corrected chi connectivity index (χ0v) is 18.9. The molecule has 0 saturated carbocycles. The summed E-state index contributed by atoms with van der Waals surface area (Å²) in [6, 6.07) is 7.49. The fourth-order valence-electron chi connectivity index (χ4n) is 4.52. The van der Waals surface area contributed by atoms with E-state index in [2.05, 4.69) is 10.1 Å². The van der Waals surface area contributed by atoms with Crippen LogP contribution in [-0.2, 0) is 0 Å². The molecular formula is C25H19N3O7. The SMILES string of the molecule is COc1ccc2occ(-c3c4oc5c(O)c(=O)ccc5c4[nH]c4c3c(=O)[nH]n4C(C)C)c(=O)c2c1. The Morgan fingerprint density at radius 3 is 2.60 bits per heavy atom. The number of aromatic amines is 2. The number of rotatable bonds is 3. The number of phenols is 1. The topological polar surface area (TPSA) is 143 Å². The summed E-state index contributed by atoms with van der Waals surface area (Å²) < 4.78 is 18.6. The van der Waals surface area contributed by atoms with Crippen LogP contribution in [0.15, 0.2) is 59.8 Å². The molecule has 0 aliphatic rings. The summed E-state index contributed by atoms with van der Waals surface area (Å²) in [7, 11) is 1.49. The monoisotopic (exact) mass is 473 g/mol. The molecule has 0 saturated heterocycles. The van der Waals surface area contributed by atoms with Crippen LogP contribution in [0.4, 0.5) is 0 Å². The van der Waals surface area contributed by atoms with Gasteiger partial charge in [-0.1, -0.05) is 0 Å². The first-order valence-corrected chi connectivity index (χ1v) is 10.8. The lowest BCUT2D eigenvalue weighted by molar-refractivity contribution is 0.415. The maximum absolute atomic E-state index is 13.7. The van der Waals surface area contributed by atoms with Crippen LogP contribution in [-0.4, -0.2) is 27.0 Å². The van der Waals surface area contributed by atoms with E-state index in [1.165, 1.54) is 25.5 Å². The van der Waals surface area contributed by atoms with Crippen LogP contribution in [0.3, 0.4) is 0 Å². The molecule has 10 heteroatoms. The molecule has 0 unspecified atom stereocenters. The third-order valence-electron chi connectivity index (χ3n) is 6.21. The first kappa shape index (κ1) is 20.8. The summed E-state index contributed by atoms with van der Waals surface area (Å²) in [5.74, 6) is -0.0854. The number of phenolic OH excluding ortho intramolecular Hbond substituents is 1. The second kappa shape index (κ2) is 7.13. The van der Waals surface area contributed by atoms with Crippen LogP contribution < -0.4 is 21.2 Å². The molecule has 0 radical (unpaired) electrons. The minimum atomic E-state index is -0.607. The van der Waals surface area contributed by atoms with E-state index in [0.717, 1.165) is 0 Å². The van der Waals surface area contributed by atoms with Crippen LogP contribution in [0.5, 0.6) is 11.5 Å². The van der Waals surface area contributed by atoms with Crippen molar-refractivity contribution in [3.05, 3.63) is 67.4 Å². The number of furan rings is 1. The Bertz CT molecular complexity index is 2000. The smallest absolute Gasteiger partial charge is 0.274 e. The summed E-state index contributed by atoms with van der Waals surface area (Å²) in [5, 5.41) is 14.0. The number of ether oxygens (including phenoxy) is 1. The summed E-state index contributed by atoms with van der Waals surface area (Å²) in [6.07, 6.45) is 1.28. The Labute approximate surface area is 194 Å². The maximum Gasteiger partial charge on any atom is 0.274 e. The highest BCUT2D eigenvalue weighted by atomic mass is 16.5. The fourth-order valence-corrected chi connectivity index (χ4v) is 4.52. The van der Waals surface area contributed by atoms with Gasteiger partial charge in [-0.3, -0.25) is 24.2 Å². The van der Waals surface area contributed by atoms with Crippen molar-refractivity contribution in [3.8, 4) is 22.6 Å². The summed E-state index contributed by atoms with van der Waals surface area (Å²) in [5.41, 5.74) is 0.102. The lowest BCUT2D eigenvalue weighted by Crippen LogP contribution is -2.08. The van der Waals surface area contributed by atoms with Gasteiger partial charge in [-0.05, 0) is 44.2 Å². The van der Waals surface area contributed by atoms with E-state index < -0.39 is 22.2 Å². The third kappa shape index (κ3) is 2.79. The van der Waals surface area contributed by atoms with Crippen molar-refractivity contribution < 1.29 is 18.7 Å². The Kier molecular flexibility index (Phi) is 4.25. The highest BCUT2D eigenvalue weighted by Gasteiger charge is 2.26. The minimum absolute atomic E-state index is 0.0444. The van der Waals surface area contributed by atoms with Gasteiger partial charge in [0.05, 0.1) is 34.5 Å². The van der Waals surface area contributed by atoms with Crippen molar-refractivity contribution in [3.63, 3.8) is 0 Å². The van der Waals surface area contributed by atoms with Gasteiger partial charge >= 0.3 is 0 Å². The average Bonchev–Trinajstić information content (AvgIpc) is 3.39. The number of H-pyrrole nitrogens is 2. The molecular weight excluding hydrogens is 454 g/mol. The minimum Gasteiger partial charge on any atom is -0.502 e. The van der Waals surface area contributed by atoms with E-state index in [1.54, 1.807) is 22.9 Å². The molecule has 0 bridgehead atoms. The van der Waals surface area contributed by atoms with Crippen molar-refractivity contribution in [2.45, 2.75) is 19.9 Å². The zero-order chi connectivity index (χ0) is 24.6. The second-order valence-corrected chi connectivity index (χ2v) is 8.56. The number of nitrogens with one attached hydrogen (secondary N) is 2. The highest BCUT2D eigenvalue weighted by Crippen LogP contribution is 2.39. The highest BCUT2D eigenvalue weighted by molar-refractivity contribution is 6.15. The Balaban J connectivity index is 1.87. The molecule has 35 heavy (non-hydrogen) atoms. The van der Waals surface area contributed by atoms with Crippen molar-refractivity contribution in [1.82, 2.24) is 14.8 Å². The van der Waals surface area contributed by atoms with Gasteiger partial charge in [0.15, 0.2) is 11.2 Å². The maximum atomic E-state index is 13.7. The molecule has 4 heterocycles. The molecule has 4 aromatic heterocycles. The Morgan fingerprint density at radius 1 is 1.06 bits per heavy atom. The Hall–Kier alpha value is -4.73. The van der Waals surface area contributed by atoms with Crippen molar-refractivity contribution in [1.29, 1.82) is 0 Å². The van der Waals surface area contributed by atoms with Crippen molar-refractivity contribution in [2.24, 2.45) is 0 Å². The van der Waals surface area contributed by atoms with E-state index in [4.69, 9.17) is 13.6 Å². The normalized spacial score (nSPS) is 12.0. The van der Waals surface area contributed by atoms with Crippen molar-refractivity contribution >= 4 is 44.1 Å². The molecule has 2 aromatic carbocycles. The molecule has 0 fully saturated rings. The van der Waals surface area contributed by atoms with Gasteiger partial charge in [-0.15, -0.1) is 0 Å². The van der Waals surface area contributed by atoms with Crippen LogP contribution >= 0.6 is 0 Å². The van der Waals surface area contributed by atoms with E-state index in [0.29, 0.717) is 27.9 Å². The number of hydrogen-bond donors (Lipinski definition) is 3. The number of pyridine rings is 1. The molecule has 0 atom stereocenters. The molecule has 6 rings (SSSR count). The van der Waals surface area contributed by atoms with Crippen LogP contribution in [0.25, 0.3) is 55.2 Å². The molecule has 176 valence electrons. The summed E-state index contributed by atoms with van der Waals surface area (Å²) >= 11 is 0. The zero-order valence-electron chi connectivity index (χ0n) is 18.9. The average molecular weight is 473 g/mol. The number of nitrogens with zero attached hydrogens (tertiary/aromatic N) is 1. The number of aromatic nitrogens is 3. The molecule has 3 N–H and O–H groups in total. The van der Waals surface area contributed by atoms with Crippen LogP contribution in [0.2, 0.25) is 0 Å². The standard InChI is InChI=1S/C25H19N3O7/c1-10(2)28-24-18(25(32)27-28)17(14-9-34-16-7-4-11(33-3)8-13(16)20(14)30)23-19(26-24)12-5-6-15(29)21(31)22(12)35-23/h4-10,26,31H,1-3H3,(H,27,32). The largest absolute Gasteiger partial charge is 0.502 e. The molecule has 0 spiro atoms. The summed E-state index contributed by atoms with van der Waals surface area (Å²) in [6.45, 7) is 3.79. The van der Waals surface area contributed by atoms with Crippen LogP contribution in [0.1, 0.15) is 19.9 Å². The molecule has 0 amide bonds. The fraction of sp³-hybridized carbons (Fsp3) is 0.160.